The fraction of sp³-hybridized carbons (Fsp3) is 0.156. The number of ether oxygens (including phenoxy) is 1. The van der Waals surface area contributed by atoms with Gasteiger partial charge >= 0.3 is 0 Å². The summed E-state index contributed by atoms with van der Waals surface area (Å²) in [6.45, 7) is 3.46. The third-order valence-electron chi connectivity index (χ3n) is 7.04. The van der Waals surface area contributed by atoms with Crippen molar-refractivity contribution >= 4 is 50.7 Å². The Morgan fingerprint density at radius 3 is 2.37 bits per heavy atom. The van der Waals surface area contributed by atoms with Crippen LogP contribution in [0.4, 0.5) is 5.13 Å². The Morgan fingerprint density at radius 1 is 0.976 bits per heavy atom. The molecule has 2 unspecified atom stereocenters. The van der Waals surface area contributed by atoms with Gasteiger partial charge in [-0.3, -0.25) is 24.1 Å². The predicted molar refractivity (Wildman–Crippen MR) is 153 cm³/mol. The highest BCUT2D eigenvalue weighted by atomic mass is 32.1. The van der Waals surface area contributed by atoms with Gasteiger partial charge in [-0.25, -0.2) is 4.98 Å². The predicted octanol–water partition coefficient (Wildman–Crippen LogP) is 6.14. The van der Waals surface area contributed by atoms with Gasteiger partial charge in [0.25, 0.3) is 5.91 Å². The van der Waals surface area contributed by atoms with E-state index in [1.165, 1.54) is 11.8 Å². The number of fused-ring (bicyclic) bond motifs is 1. The lowest BCUT2D eigenvalue weighted by atomic mass is 9.88. The summed E-state index contributed by atoms with van der Waals surface area (Å²) in [6, 6.07) is 24.4. The van der Waals surface area contributed by atoms with Gasteiger partial charge < -0.3 is 9.15 Å². The molecule has 0 saturated carbocycles. The number of hydrogen-bond acceptors (Lipinski definition) is 8. The molecule has 0 radical (unpaired) electrons. The molecule has 3 heterocycles. The first-order chi connectivity index (χ1) is 19.8. The summed E-state index contributed by atoms with van der Waals surface area (Å²) in [5.41, 5.74) is 2.51. The van der Waals surface area contributed by atoms with E-state index in [9.17, 15) is 19.2 Å². The smallest absolute Gasteiger partial charge is 0.297 e. The number of aromatic nitrogens is 1. The molecule has 1 aliphatic heterocycles. The molecule has 1 amide bonds. The zero-order chi connectivity index (χ0) is 28.7. The molecule has 1 saturated heterocycles. The highest BCUT2D eigenvalue weighted by Gasteiger charge is 2.54. The number of amides is 1. The second-order valence-electron chi connectivity index (χ2n) is 9.79. The van der Waals surface area contributed by atoms with Crippen molar-refractivity contribution in [3.8, 4) is 5.75 Å². The Balaban J connectivity index is 1.39. The van der Waals surface area contributed by atoms with E-state index in [2.05, 4.69) is 4.98 Å². The van der Waals surface area contributed by atoms with Crippen LogP contribution in [-0.2, 0) is 16.2 Å². The van der Waals surface area contributed by atoms with Crippen molar-refractivity contribution in [3.63, 3.8) is 0 Å². The number of benzene rings is 3. The van der Waals surface area contributed by atoms with Crippen molar-refractivity contribution in [2.45, 2.75) is 26.5 Å². The Morgan fingerprint density at radius 2 is 1.68 bits per heavy atom. The van der Waals surface area contributed by atoms with E-state index in [0.29, 0.717) is 39.5 Å². The van der Waals surface area contributed by atoms with Gasteiger partial charge in [-0.1, -0.05) is 72.0 Å². The van der Waals surface area contributed by atoms with Gasteiger partial charge in [0.1, 0.15) is 23.9 Å². The molecule has 0 aliphatic carbocycles. The summed E-state index contributed by atoms with van der Waals surface area (Å²) in [6.07, 6.45) is 0. The highest BCUT2D eigenvalue weighted by molar-refractivity contribution is 7.18. The van der Waals surface area contributed by atoms with Gasteiger partial charge in [0.15, 0.2) is 16.7 Å². The average Bonchev–Trinajstić information content (AvgIpc) is 3.66. The first kappa shape index (κ1) is 26.3. The van der Waals surface area contributed by atoms with E-state index in [1.807, 2.05) is 36.4 Å². The molecule has 204 valence electrons. The van der Waals surface area contributed by atoms with E-state index in [0.717, 1.165) is 16.9 Å². The number of aryl methyl sites for hydroxylation is 1. The summed E-state index contributed by atoms with van der Waals surface area (Å²) in [5.74, 6) is -3.31. The summed E-state index contributed by atoms with van der Waals surface area (Å²) in [4.78, 5) is 59.0. The second-order valence-corrected chi connectivity index (χ2v) is 10.8. The molecule has 2 aromatic heterocycles. The number of rotatable bonds is 8. The fourth-order valence-electron chi connectivity index (χ4n) is 5.05. The molecule has 0 N–H and O–H groups in total. The van der Waals surface area contributed by atoms with Crippen LogP contribution in [0.3, 0.4) is 0 Å². The third-order valence-corrected chi connectivity index (χ3v) is 8.30. The Bertz CT molecular complexity index is 1770. The zero-order valence-corrected chi connectivity index (χ0v) is 23.0. The van der Waals surface area contributed by atoms with Gasteiger partial charge in [-0.05, 0) is 42.3 Å². The number of anilines is 1. The monoisotopic (exact) mass is 564 g/mol. The number of ketones is 3. The van der Waals surface area contributed by atoms with Crippen LogP contribution in [-0.4, -0.2) is 28.2 Å². The van der Waals surface area contributed by atoms with Gasteiger partial charge in [-0.15, -0.1) is 0 Å². The van der Waals surface area contributed by atoms with Crippen LogP contribution in [0.25, 0.3) is 11.0 Å². The maximum Gasteiger partial charge on any atom is 0.297 e. The maximum atomic E-state index is 13.9. The number of thiazole rings is 1. The molecule has 6 rings (SSSR count). The van der Waals surface area contributed by atoms with Crippen LogP contribution < -0.4 is 9.64 Å². The quantitative estimate of drug-likeness (QED) is 0.127. The number of hydrogen-bond donors (Lipinski definition) is 0. The van der Waals surface area contributed by atoms with Crippen molar-refractivity contribution in [1.82, 2.24) is 4.98 Å². The van der Waals surface area contributed by atoms with Gasteiger partial charge in [0.05, 0.1) is 16.6 Å². The standard InChI is InChI=1S/C32H24N2O6S/c1-18-30(19(2)35)41-32(33-18)34-27(21-12-14-23(15-13-21)39-17-20-8-4-3-5-9-20)26(29(37)31(34)38)28(36)25-16-22-10-6-7-11-24(22)40-25/h3-16,26-27H,17H2,1-2H3. The van der Waals surface area contributed by atoms with Crippen molar-refractivity contribution < 1.29 is 28.3 Å². The molecular weight excluding hydrogens is 540 g/mol. The molecule has 8 nitrogen and oxygen atoms in total. The molecule has 2 atom stereocenters. The van der Waals surface area contributed by atoms with Gasteiger partial charge in [-0.2, -0.15) is 0 Å². The Labute approximate surface area is 239 Å². The minimum atomic E-state index is -1.37. The fourth-order valence-corrected chi connectivity index (χ4v) is 6.05. The second kappa shape index (κ2) is 10.6. The van der Waals surface area contributed by atoms with Crippen LogP contribution in [0, 0.1) is 12.8 Å². The molecule has 9 heteroatoms. The highest BCUT2D eigenvalue weighted by Crippen LogP contribution is 2.44. The first-order valence-corrected chi connectivity index (χ1v) is 13.8. The summed E-state index contributed by atoms with van der Waals surface area (Å²) in [7, 11) is 0. The van der Waals surface area contributed by atoms with Crippen molar-refractivity contribution in [2.24, 2.45) is 5.92 Å². The third kappa shape index (κ3) is 4.85. The summed E-state index contributed by atoms with van der Waals surface area (Å²) < 4.78 is 11.7. The maximum absolute atomic E-state index is 13.9. The molecule has 3 aromatic carbocycles. The Kier molecular flexibility index (Phi) is 6.80. The lowest BCUT2D eigenvalue weighted by Crippen LogP contribution is -2.30. The van der Waals surface area contributed by atoms with Crippen molar-refractivity contribution in [2.75, 3.05) is 4.90 Å². The van der Waals surface area contributed by atoms with Crippen LogP contribution in [0.1, 0.15) is 50.0 Å². The van der Waals surface area contributed by atoms with E-state index in [1.54, 1.807) is 55.5 Å². The minimum absolute atomic E-state index is 0.00763. The largest absolute Gasteiger partial charge is 0.489 e. The summed E-state index contributed by atoms with van der Waals surface area (Å²) >= 11 is 1.02. The molecule has 5 aromatic rings. The first-order valence-electron chi connectivity index (χ1n) is 13.0. The molecule has 1 aliphatic rings. The van der Waals surface area contributed by atoms with Crippen molar-refractivity contribution in [3.05, 3.63) is 112 Å². The number of Topliss-reactive ketones (excluding diaryl/α,β-unsaturated/α-hetero) is 3. The normalized spacial score (nSPS) is 16.9. The topological polar surface area (TPSA) is 107 Å². The SMILES string of the molecule is CC(=O)c1sc(N2C(=O)C(=O)C(C(=O)c3cc4ccccc4o3)C2c2ccc(OCc3ccccc3)cc2)nc1C. The van der Waals surface area contributed by atoms with E-state index >= 15 is 0 Å². The van der Waals surface area contributed by atoms with Crippen LogP contribution in [0.2, 0.25) is 0 Å². The van der Waals surface area contributed by atoms with E-state index in [4.69, 9.17) is 9.15 Å². The number of nitrogens with zero attached hydrogens (tertiary/aromatic N) is 2. The summed E-state index contributed by atoms with van der Waals surface area (Å²) in [5, 5.41) is 0.892. The lowest BCUT2D eigenvalue weighted by Gasteiger charge is -2.25. The lowest BCUT2D eigenvalue weighted by molar-refractivity contribution is -0.135. The van der Waals surface area contributed by atoms with Crippen LogP contribution in [0.15, 0.2) is 89.3 Å². The van der Waals surface area contributed by atoms with Gasteiger partial charge in [0.2, 0.25) is 11.6 Å². The van der Waals surface area contributed by atoms with Crippen LogP contribution >= 0.6 is 11.3 Å². The number of para-hydroxylation sites is 1. The minimum Gasteiger partial charge on any atom is -0.489 e. The number of carbonyl (C=O) groups excluding carboxylic acids is 4. The molecule has 1 fully saturated rings. The molecule has 0 bridgehead atoms. The molecule has 41 heavy (non-hydrogen) atoms. The zero-order valence-electron chi connectivity index (χ0n) is 22.2. The van der Waals surface area contributed by atoms with E-state index < -0.39 is 29.4 Å². The molecular formula is C32H24N2O6S. The average molecular weight is 565 g/mol. The number of furan rings is 1. The number of carbonyl (C=O) groups is 4. The Hall–Kier alpha value is -4.89. The van der Waals surface area contributed by atoms with Gasteiger partial charge in [0, 0.05) is 12.3 Å². The molecule has 0 spiro atoms. The van der Waals surface area contributed by atoms with Crippen LogP contribution in [0.5, 0.6) is 5.75 Å². The van der Waals surface area contributed by atoms with Crippen molar-refractivity contribution in [1.29, 1.82) is 0 Å². The van der Waals surface area contributed by atoms with E-state index in [-0.39, 0.29) is 16.7 Å².